The quantitative estimate of drug-likeness (QED) is 0.685. The van der Waals surface area contributed by atoms with Gasteiger partial charge in [-0.25, -0.2) is 8.42 Å². The van der Waals surface area contributed by atoms with Crippen molar-refractivity contribution in [2.24, 2.45) is 0 Å². The Morgan fingerprint density at radius 1 is 1.04 bits per heavy atom. The Kier molecular flexibility index (Phi) is 6.97. The molecular formula is C17H26N2O3S. The number of likely N-dealkylation sites (N-methyl/N-ethyl adjacent to an activating group) is 1. The number of carbonyl (C=O) groups is 1. The van der Waals surface area contributed by atoms with E-state index in [0.717, 1.165) is 5.57 Å². The molecule has 0 N–H and O–H groups in total. The second-order valence-electron chi connectivity index (χ2n) is 5.39. The molecule has 0 bridgehead atoms. The molecule has 1 aromatic rings. The van der Waals surface area contributed by atoms with Crippen molar-refractivity contribution in [1.82, 2.24) is 9.21 Å². The van der Waals surface area contributed by atoms with Crippen molar-refractivity contribution in [3.8, 4) is 0 Å². The van der Waals surface area contributed by atoms with Gasteiger partial charge < -0.3 is 4.90 Å². The van der Waals surface area contributed by atoms with E-state index in [4.69, 9.17) is 0 Å². The van der Waals surface area contributed by atoms with Crippen LogP contribution in [0.15, 0.2) is 41.3 Å². The van der Waals surface area contributed by atoms with Crippen molar-refractivity contribution in [2.75, 3.05) is 26.2 Å². The summed E-state index contributed by atoms with van der Waals surface area (Å²) in [7, 11) is -3.49. The number of amides is 1. The summed E-state index contributed by atoms with van der Waals surface area (Å²) in [6, 6.07) is 6.13. The van der Waals surface area contributed by atoms with E-state index in [9.17, 15) is 13.2 Å². The summed E-state index contributed by atoms with van der Waals surface area (Å²) in [6.07, 6.45) is 0. The molecule has 6 heteroatoms. The number of hydrogen-bond donors (Lipinski definition) is 0. The monoisotopic (exact) mass is 338 g/mol. The minimum atomic E-state index is -3.49. The summed E-state index contributed by atoms with van der Waals surface area (Å²) in [5.41, 5.74) is 1.38. The van der Waals surface area contributed by atoms with Gasteiger partial charge in [0.25, 0.3) is 5.91 Å². The van der Waals surface area contributed by atoms with Crippen molar-refractivity contribution in [3.63, 3.8) is 0 Å². The number of rotatable bonds is 8. The number of carbonyl (C=O) groups excluding carboxylic acids is 1. The van der Waals surface area contributed by atoms with Crippen LogP contribution in [0, 0.1) is 0 Å². The zero-order valence-corrected chi connectivity index (χ0v) is 15.2. The van der Waals surface area contributed by atoms with E-state index in [1.54, 1.807) is 30.9 Å². The van der Waals surface area contributed by atoms with Crippen LogP contribution in [-0.4, -0.2) is 49.7 Å². The molecule has 0 heterocycles. The Morgan fingerprint density at radius 3 is 1.96 bits per heavy atom. The fourth-order valence-corrected chi connectivity index (χ4v) is 3.78. The standard InChI is InChI=1S/C17H26N2O3S/c1-6-18(13-14(4)5)17(20)15-9-11-16(12-10-15)23(21,22)19(7-2)8-3/h9-12H,4,6-8,13H2,1-3,5H3. The van der Waals surface area contributed by atoms with E-state index in [2.05, 4.69) is 6.58 Å². The summed E-state index contributed by atoms with van der Waals surface area (Å²) in [5, 5.41) is 0. The second kappa shape index (κ2) is 8.26. The van der Waals surface area contributed by atoms with Crippen LogP contribution in [0.5, 0.6) is 0 Å². The fourth-order valence-electron chi connectivity index (χ4n) is 2.32. The number of sulfonamides is 1. The van der Waals surface area contributed by atoms with E-state index in [1.165, 1.54) is 16.4 Å². The molecule has 23 heavy (non-hydrogen) atoms. The fraction of sp³-hybridized carbons (Fsp3) is 0.471. The van der Waals surface area contributed by atoms with E-state index >= 15 is 0 Å². The highest BCUT2D eigenvalue weighted by Crippen LogP contribution is 2.17. The van der Waals surface area contributed by atoms with Gasteiger partial charge in [-0.15, -0.1) is 0 Å². The molecule has 1 aromatic carbocycles. The molecule has 0 radical (unpaired) electrons. The predicted molar refractivity (Wildman–Crippen MR) is 92.9 cm³/mol. The zero-order chi connectivity index (χ0) is 17.6. The Balaban J connectivity index is 3.04. The van der Waals surface area contributed by atoms with Gasteiger partial charge in [0.1, 0.15) is 0 Å². The minimum Gasteiger partial charge on any atom is -0.335 e. The first kappa shape index (κ1) is 19.4. The third-order valence-electron chi connectivity index (χ3n) is 3.57. The van der Waals surface area contributed by atoms with Gasteiger partial charge in [0.2, 0.25) is 10.0 Å². The molecular weight excluding hydrogens is 312 g/mol. The lowest BCUT2D eigenvalue weighted by Gasteiger charge is -2.21. The topological polar surface area (TPSA) is 57.7 Å². The van der Waals surface area contributed by atoms with Crippen LogP contribution in [0.1, 0.15) is 38.1 Å². The Bertz CT molecular complexity index is 647. The van der Waals surface area contributed by atoms with Crippen molar-refractivity contribution >= 4 is 15.9 Å². The second-order valence-corrected chi connectivity index (χ2v) is 7.33. The van der Waals surface area contributed by atoms with Gasteiger partial charge in [-0.05, 0) is 38.1 Å². The van der Waals surface area contributed by atoms with E-state index in [0.29, 0.717) is 31.7 Å². The van der Waals surface area contributed by atoms with E-state index in [-0.39, 0.29) is 10.8 Å². The Hall–Kier alpha value is -1.66. The molecule has 5 nitrogen and oxygen atoms in total. The largest absolute Gasteiger partial charge is 0.335 e. The van der Waals surface area contributed by atoms with Crippen LogP contribution in [0.25, 0.3) is 0 Å². The van der Waals surface area contributed by atoms with Crippen LogP contribution >= 0.6 is 0 Å². The molecule has 0 aliphatic heterocycles. The first-order chi connectivity index (χ1) is 10.8. The molecule has 0 fully saturated rings. The maximum atomic E-state index is 12.4. The zero-order valence-electron chi connectivity index (χ0n) is 14.4. The number of nitrogens with zero attached hydrogens (tertiary/aromatic N) is 2. The maximum Gasteiger partial charge on any atom is 0.254 e. The minimum absolute atomic E-state index is 0.123. The van der Waals surface area contributed by atoms with Gasteiger partial charge in [-0.3, -0.25) is 4.79 Å². The molecule has 0 saturated carbocycles. The highest BCUT2D eigenvalue weighted by Gasteiger charge is 2.22. The third kappa shape index (κ3) is 4.65. The third-order valence-corrected chi connectivity index (χ3v) is 5.64. The number of hydrogen-bond acceptors (Lipinski definition) is 3. The average Bonchev–Trinajstić information content (AvgIpc) is 2.52. The van der Waals surface area contributed by atoms with Gasteiger partial charge in [-0.1, -0.05) is 26.0 Å². The van der Waals surface area contributed by atoms with Gasteiger partial charge in [0.15, 0.2) is 0 Å². The van der Waals surface area contributed by atoms with E-state index < -0.39 is 10.0 Å². The van der Waals surface area contributed by atoms with Gasteiger partial charge >= 0.3 is 0 Å². The molecule has 0 spiro atoms. The van der Waals surface area contributed by atoms with Gasteiger partial charge in [0.05, 0.1) is 4.90 Å². The molecule has 0 aromatic heterocycles. The summed E-state index contributed by atoms with van der Waals surface area (Å²) in [5.74, 6) is -0.123. The molecule has 0 saturated heterocycles. The summed E-state index contributed by atoms with van der Waals surface area (Å²) in [4.78, 5) is 14.3. The highest BCUT2D eigenvalue weighted by molar-refractivity contribution is 7.89. The SMILES string of the molecule is C=C(C)CN(CC)C(=O)c1ccc(S(=O)(=O)N(CC)CC)cc1. The number of benzene rings is 1. The smallest absolute Gasteiger partial charge is 0.254 e. The van der Waals surface area contributed by atoms with Crippen molar-refractivity contribution in [1.29, 1.82) is 0 Å². The lowest BCUT2D eigenvalue weighted by molar-refractivity contribution is 0.0778. The van der Waals surface area contributed by atoms with E-state index in [1.807, 2.05) is 13.8 Å². The van der Waals surface area contributed by atoms with Gasteiger partial charge in [-0.2, -0.15) is 4.31 Å². The van der Waals surface area contributed by atoms with Crippen LogP contribution in [0.3, 0.4) is 0 Å². The summed E-state index contributed by atoms with van der Waals surface area (Å²) >= 11 is 0. The summed E-state index contributed by atoms with van der Waals surface area (Å²) in [6.45, 7) is 13.1. The molecule has 0 atom stereocenters. The first-order valence-corrected chi connectivity index (χ1v) is 9.25. The molecule has 0 aliphatic carbocycles. The van der Waals surface area contributed by atoms with Crippen LogP contribution in [-0.2, 0) is 10.0 Å². The molecule has 128 valence electrons. The normalized spacial score (nSPS) is 11.5. The lowest BCUT2D eigenvalue weighted by atomic mass is 10.2. The molecule has 1 amide bonds. The van der Waals surface area contributed by atoms with Crippen LogP contribution in [0.4, 0.5) is 0 Å². The summed E-state index contributed by atoms with van der Waals surface area (Å²) < 4.78 is 26.3. The van der Waals surface area contributed by atoms with Crippen LogP contribution < -0.4 is 0 Å². The van der Waals surface area contributed by atoms with Crippen molar-refractivity contribution < 1.29 is 13.2 Å². The lowest BCUT2D eigenvalue weighted by Crippen LogP contribution is -2.32. The van der Waals surface area contributed by atoms with Gasteiger partial charge in [0, 0.05) is 31.7 Å². The van der Waals surface area contributed by atoms with Crippen molar-refractivity contribution in [3.05, 3.63) is 42.0 Å². The Morgan fingerprint density at radius 2 is 1.57 bits per heavy atom. The average molecular weight is 338 g/mol. The molecule has 1 rings (SSSR count). The molecule has 0 aliphatic rings. The van der Waals surface area contributed by atoms with Crippen molar-refractivity contribution in [2.45, 2.75) is 32.6 Å². The first-order valence-electron chi connectivity index (χ1n) is 7.81. The molecule has 0 unspecified atom stereocenters. The maximum absolute atomic E-state index is 12.4. The Labute approximate surface area is 139 Å². The highest BCUT2D eigenvalue weighted by atomic mass is 32.2. The van der Waals surface area contributed by atoms with Crippen LogP contribution in [0.2, 0.25) is 0 Å². The predicted octanol–water partition coefficient (Wildman–Crippen LogP) is 2.76.